The van der Waals surface area contributed by atoms with Crippen molar-refractivity contribution in [1.29, 1.82) is 0 Å². The van der Waals surface area contributed by atoms with Gasteiger partial charge in [-0.25, -0.2) is 8.42 Å². The number of sulfonamides is 1. The average molecular weight is 393 g/mol. The van der Waals surface area contributed by atoms with Crippen LogP contribution in [-0.4, -0.2) is 38.3 Å². The molecule has 1 N–H and O–H groups in total. The summed E-state index contributed by atoms with van der Waals surface area (Å²) in [6, 6.07) is 4.62. The number of carbonyl (C=O) groups excluding carboxylic acids is 1. The van der Waals surface area contributed by atoms with Gasteiger partial charge in [-0.1, -0.05) is 42.6 Å². The first-order valence-corrected chi connectivity index (χ1v) is 10.3. The fourth-order valence-electron chi connectivity index (χ4n) is 2.75. The number of piperidine rings is 1. The molecule has 0 atom stereocenters. The van der Waals surface area contributed by atoms with E-state index in [1.807, 2.05) is 0 Å². The van der Waals surface area contributed by atoms with E-state index in [2.05, 4.69) is 12.2 Å². The molecule has 1 saturated heterocycles. The molecular weight excluding hydrogens is 371 g/mol. The van der Waals surface area contributed by atoms with Gasteiger partial charge in [-0.05, 0) is 31.4 Å². The molecule has 1 heterocycles. The second-order valence-electron chi connectivity index (χ2n) is 5.87. The van der Waals surface area contributed by atoms with Gasteiger partial charge in [0.15, 0.2) is 0 Å². The molecule has 1 aliphatic rings. The Morgan fingerprint density at radius 3 is 2.38 bits per heavy atom. The lowest BCUT2D eigenvalue weighted by molar-refractivity contribution is -0.126. The predicted octanol–water partition coefficient (Wildman–Crippen LogP) is 3.31. The van der Waals surface area contributed by atoms with Crippen LogP contribution in [0.4, 0.5) is 0 Å². The van der Waals surface area contributed by atoms with Crippen molar-refractivity contribution in [3.05, 3.63) is 28.2 Å². The number of amides is 1. The molecule has 134 valence electrons. The van der Waals surface area contributed by atoms with Crippen LogP contribution in [-0.2, 0) is 14.8 Å². The van der Waals surface area contributed by atoms with Crippen molar-refractivity contribution in [1.82, 2.24) is 9.62 Å². The minimum absolute atomic E-state index is 0.0104. The van der Waals surface area contributed by atoms with Crippen molar-refractivity contribution in [2.45, 2.75) is 37.5 Å². The second kappa shape index (κ2) is 8.52. The van der Waals surface area contributed by atoms with E-state index in [1.54, 1.807) is 6.07 Å². The fraction of sp³-hybridized carbons (Fsp3) is 0.562. The van der Waals surface area contributed by atoms with Crippen molar-refractivity contribution in [2.75, 3.05) is 19.6 Å². The minimum Gasteiger partial charge on any atom is -0.356 e. The molecular formula is C16H22Cl2N2O3S. The highest BCUT2D eigenvalue weighted by molar-refractivity contribution is 7.89. The average Bonchev–Trinajstić information content (AvgIpc) is 2.54. The zero-order chi connectivity index (χ0) is 17.7. The van der Waals surface area contributed by atoms with Gasteiger partial charge in [0.2, 0.25) is 15.9 Å². The summed E-state index contributed by atoms with van der Waals surface area (Å²) in [5.74, 6) is -0.133. The minimum atomic E-state index is -3.76. The Labute approximate surface area is 153 Å². The number of rotatable bonds is 6. The molecule has 1 aliphatic heterocycles. The number of halogens is 2. The lowest BCUT2D eigenvalue weighted by Gasteiger charge is -2.31. The Morgan fingerprint density at radius 2 is 1.83 bits per heavy atom. The summed E-state index contributed by atoms with van der Waals surface area (Å²) in [5.41, 5.74) is 0. The van der Waals surface area contributed by atoms with Crippen LogP contribution in [0.25, 0.3) is 0 Å². The van der Waals surface area contributed by atoms with Gasteiger partial charge in [0.1, 0.15) is 4.90 Å². The van der Waals surface area contributed by atoms with Crippen LogP contribution in [0.5, 0.6) is 0 Å². The summed E-state index contributed by atoms with van der Waals surface area (Å²) < 4.78 is 26.9. The molecule has 1 aromatic rings. The van der Waals surface area contributed by atoms with Gasteiger partial charge in [0.05, 0.1) is 10.0 Å². The van der Waals surface area contributed by atoms with Gasteiger partial charge < -0.3 is 5.32 Å². The Morgan fingerprint density at radius 1 is 1.25 bits per heavy atom. The van der Waals surface area contributed by atoms with Crippen molar-refractivity contribution in [3.8, 4) is 0 Å². The zero-order valence-electron chi connectivity index (χ0n) is 13.6. The summed E-state index contributed by atoms with van der Waals surface area (Å²) in [7, 11) is -3.76. The van der Waals surface area contributed by atoms with Gasteiger partial charge in [-0.3, -0.25) is 4.79 Å². The van der Waals surface area contributed by atoms with E-state index in [0.29, 0.717) is 19.4 Å². The SMILES string of the molecule is CCCCNC(=O)C1CCN(S(=O)(=O)c2c(Cl)cccc2Cl)CC1. The summed E-state index contributed by atoms with van der Waals surface area (Å²) >= 11 is 12.1. The smallest absolute Gasteiger partial charge is 0.246 e. The van der Waals surface area contributed by atoms with Crippen LogP contribution >= 0.6 is 23.2 Å². The first-order chi connectivity index (χ1) is 11.4. The van der Waals surface area contributed by atoms with Crippen LogP contribution in [0.15, 0.2) is 23.1 Å². The first kappa shape index (κ1) is 19.5. The predicted molar refractivity (Wildman–Crippen MR) is 95.9 cm³/mol. The molecule has 8 heteroatoms. The van der Waals surface area contributed by atoms with Gasteiger partial charge in [-0.2, -0.15) is 4.31 Å². The molecule has 0 radical (unpaired) electrons. The lowest BCUT2D eigenvalue weighted by Crippen LogP contribution is -2.43. The Bertz CT molecular complexity index is 666. The number of hydrogen-bond acceptors (Lipinski definition) is 3. The van der Waals surface area contributed by atoms with E-state index in [4.69, 9.17) is 23.2 Å². The van der Waals surface area contributed by atoms with Crippen LogP contribution in [0.2, 0.25) is 10.0 Å². The van der Waals surface area contributed by atoms with E-state index >= 15 is 0 Å². The van der Waals surface area contributed by atoms with E-state index in [9.17, 15) is 13.2 Å². The maximum Gasteiger partial charge on any atom is 0.246 e. The molecule has 0 aliphatic carbocycles. The van der Waals surface area contributed by atoms with E-state index in [-0.39, 0.29) is 39.9 Å². The maximum absolute atomic E-state index is 12.8. The molecule has 5 nitrogen and oxygen atoms in total. The summed E-state index contributed by atoms with van der Waals surface area (Å²) in [4.78, 5) is 12.0. The molecule has 0 aromatic heterocycles. The molecule has 24 heavy (non-hydrogen) atoms. The molecule has 0 unspecified atom stereocenters. The van der Waals surface area contributed by atoms with Crippen LogP contribution in [0, 0.1) is 5.92 Å². The highest BCUT2D eigenvalue weighted by Crippen LogP contribution is 2.33. The maximum atomic E-state index is 12.8. The molecule has 1 aromatic carbocycles. The Hall–Kier alpha value is -0.820. The number of benzene rings is 1. The van der Waals surface area contributed by atoms with E-state index in [1.165, 1.54) is 16.4 Å². The summed E-state index contributed by atoms with van der Waals surface area (Å²) in [6.45, 7) is 3.31. The number of nitrogens with one attached hydrogen (secondary N) is 1. The van der Waals surface area contributed by atoms with E-state index < -0.39 is 10.0 Å². The van der Waals surface area contributed by atoms with Crippen molar-refractivity contribution in [2.24, 2.45) is 5.92 Å². The third-order valence-corrected chi connectivity index (χ3v) is 7.03. The first-order valence-electron chi connectivity index (χ1n) is 8.09. The van der Waals surface area contributed by atoms with Crippen molar-refractivity contribution >= 4 is 39.1 Å². The monoisotopic (exact) mass is 392 g/mol. The molecule has 1 fully saturated rings. The van der Waals surface area contributed by atoms with Crippen LogP contribution in [0.3, 0.4) is 0 Å². The number of carbonyl (C=O) groups is 1. The fourth-order valence-corrected chi connectivity index (χ4v) is 5.31. The van der Waals surface area contributed by atoms with Crippen LogP contribution in [0.1, 0.15) is 32.6 Å². The second-order valence-corrected chi connectivity index (χ2v) is 8.56. The third-order valence-electron chi connectivity index (χ3n) is 4.17. The number of nitrogens with zero attached hydrogens (tertiary/aromatic N) is 1. The van der Waals surface area contributed by atoms with Crippen molar-refractivity contribution in [3.63, 3.8) is 0 Å². The molecule has 2 rings (SSSR count). The zero-order valence-corrected chi connectivity index (χ0v) is 15.9. The van der Waals surface area contributed by atoms with Gasteiger partial charge in [0, 0.05) is 25.6 Å². The van der Waals surface area contributed by atoms with Gasteiger partial charge in [-0.15, -0.1) is 0 Å². The quantitative estimate of drug-likeness (QED) is 0.755. The molecule has 0 bridgehead atoms. The van der Waals surface area contributed by atoms with Gasteiger partial charge in [0.25, 0.3) is 0 Å². The highest BCUT2D eigenvalue weighted by Gasteiger charge is 2.34. The standard InChI is InChI=1S/C16H22Cl2N2O3S/c1-2-3-9-19-16(21)12-7-10-20(11-8-12)24(22,23)15-13(17)5-4-6-14(15)18/h4-6,12H,2-3,7-11H2,1H3,(H,19,21). The highest BCUT2D eigenvalue weighted by atomic mass is 35.5. The molecule has 0 saturated carbocycles. The Kier molecular flexibility index (Phi) is 6.92. The molecule has 0 spiro atoms. The number of hydrogen-bond donors (Lipinski definition) is 1. The third kappa shape index (κ3) is 4.42. The lowest BCUT2D eigenvalue weighted by atomic mass is 9.97. The molecule has 1 amide bonds. The summed E-state index contributed by atoms with van der Waals surface area (Å²) in [5, 5.41) is 3.13. The normalized spacial score (nSPS) is 17.0. The Balaban J connectivity index is 2.02. The largest absolute Gasteiger partial charge is 0.356 e. The van der Waals surface area contributed by atoms with Crippen LogP contribution < -0.4 is 5.32 Å². The van der Waals surface area contributed by atoms with Gasteiger partial charge >= 0.3 is 0 Å². The van der Waals surface area contributed by atoms with Crippen molar-refractivity contribution < 1.29 is 13.2 Å². The van der Waals surface area contributed by atoms with E-state index in [0.717, 1.165) is 12.8 Å². The number of unbranched alkanes of at least 4 members (excludes halogenated alkanes) is 1. The summed E-state index contributed by atoms with van der Waals surface area (Å²) in [6.07, 6.45) is 2.97. The topological polar surface area (TPSA) is 66.5 Å².